The first-order chi connectivity index (χ1) is 11.6. The maximum atomic E-state index is 12.9. The molecule has 25 heavy (non-hydrogen) atoms. The molecule has 0 radical (unpaired) electrons. The lowest BCUT2D eigenvalue weighted by Gasteiger charge is -2.13. The van der Waals surface area contributed by atoms with E-state index in [1.165, 1.54) is 11.0 Å². The number of carbonyl (C=O) groups excluding carboxylic acids is 1. The zero-order valence-electron chi connectivity index (χ0n) is 13.4. The van der Waals surface area contributed by atoms with Gasteiger partial charge in [-0.1, -0.05) is 0 Å². The highest BCUT2D eigenvalue weighted by atomic mass is 19.4. The molecule has 134 valence electrons. The minimum atomic E-state index is -4.58. The quantitative estimate of drug-likeness (QED) is 0.772. The second-order valence-corrected chi connectivity index (χ2v) is 5.42. The fourth-order valence-electron chi connectivity index (χ4n) is 2.01. The van der Waals surface area contributed by atoms with Crippen LogP contribution in [0.1, 0.15) is 21.6 Å². The minimum absolute atomic E-state index is 0.0891. The van der Waals surface area contributed by atoms with Gasteiger partial charge in [0.25, 0.3) is 11.5 Å². The van der Waals surface area contributed by atoms with Gasteiger partial charge < -0.3 is 16.0 Å². The summed E-state index contributed by atoms with van der Waals surface area (Å²) in [6, 6.07) is 3.98. The van der Waals surface area contributed by atoms with Crippen LogP contribution in [0.15, 0.2) is 29.1 Å². The Kier molecular flexibility index (Phi) is 5.12. The van der Waals surface area contributed by atoms with Gasteiger partial charge >= 0.3 is 6.18 Å². The van der Waals surface area contributed by atoms with Gasteiger partial charge in [0, 0.05) is 32.4 Å². The van der Waals surface area contributed by atoms with Gasteiger partial charge in [-0.15, -0.1) is 0 Å². The Morgan fingerprint density at radius 3 is 2.52 bits per heavy atom. The molecule has 2 aromatic rings. The zero-order chi connectivity index (χ0) is 18.8. The van der Waals surface area contributed by atoms with Crippen LogP contribution in [0.25, 0.3) is 0 Å². The third-order valence-electron chi connectivity index (χ3n) is 3.20. The Labute approximate surface area is 140 Å². The van der Waals surface area contributed by atoms with Crippen molar-refractivity contribution in [1.82, 2.24) is 9.97 Å². The lowest BCUT2D eigenvalue weighted by molar-refractivity contribution is -0.137. The maximum absolute atomic E-state index is 12.9. The smallest absolute Gasteiger partial charge is 0.348 e. The SMILES string of the molecule is CN(C)c1nc(C(=O)Nc2cc(CN)cc(C(F)(F)F)c2)cc(=O)[nH]1. The van der Waals surface area contributed by atoms with Gasteiger partial charge in [-0.2, -0.15) is 13.2 Å². The number of H-pyrrole nitrogens is 1. The number of benzene rings is 1. The van der Waals surface area contributed by atoms with Gasteiger partial charge in [0.1, 0.15) is 5.69 Å². The number of nitrogens with zero attached hydrogens (tertiary/aromatic N) is 2. The molecule has 0 saturated carbocycles. The number of hydrogen-bond acceptors (Lipinski definition) is 5. The molecule has 0 aliphatic rings. The summed E-state index contributed by atoms with van der Waals surface area (Å²) in [6.45, 7) is -0.124. The predicted octanol–water partition coefficient (Wildman–Crippen LogP) is 1.57. The second kappa shape index (κ2) is 6.93. The number of carbonyl (C=O) groups is 1. The molecule has 1 amide bonds. The zero-order valence-corrected chi connectivity index (χ0v) is 13.4. The monoisotopic (exact) mass is 355 g/mol. The normalized spacial score (nSPS) is 11.3. The van der Waals surface area contributed by atoms with Crippen LogP contribution in [-0.4, -0.2) is 30.0 Å². The molecule has 0 atom stereocenters. The van der Waals surface area contributed by atoms with Crippen molar-refractivity contribution in [3.05, 3.63) is 51.4 Å². The van der Waals surface area contributed by atoms with Gasteiger partial charge in [-0.05, 0) is 23.8 Å². The Hall–Kier alpha value is -2.88. The van der Waals surface area contributed by atoms with Crippen LogP contribution >= 0.6 is 0 Å². The third kappa shape index (κ3) is 4.57. The van der Waals surface area contributed by atoms with E-state index in [1.807, 2.05) is 0 Å². The number of aromatic amines is 1. The molecule has 0 bridgehead atoms. The lowest BCUT2D eigenvalue weighted by atomic mass is 10.1. The summed E-state index contributed by atoms with van der Waals surface area (Å²) in [6.07, 6.45) is -4.58. The van der Waals surface area contributed by atoms with Crippen LogP contribution < -0.4 is 21.5 Å². The molecule has 0 fully saturated rings. The van der Waals surface area contributed by atoms with E-state index in [2.05, 4.69) is 15.3 Å². The van der Waals surface area contributed by atoms with E-state index in [0.29, 0.717) is 0 Å². The average molecular weight is 355 g/mol. The second-order valence-electron chi connectivity index (χ2n) is 5.42. The molecule has 0 unspecified atom stereocenters. The van der Waals surface area contributed by atoms with E-state index in [-0.39, 0.29) is 29.4 Å². The molecular formula is C15H16F3N5O2. The van der Waals surface area contributed by atoms with Crippen LogP contribution in [0.3, 0.4) is 0 Å². The Morgan fingerprint density at radius 2 is 1.96 bits per heavy atom. The van der Waals surface area contributed by atoms with Crippen molar-refractivity contribution in [3.8, 4) is 0 Å². The first kappa shape index (κ1) is 18.5. The molecule has 0 aliphatic heterocycles. The van der Waals surface area contributed by atoms with Gasteiger partial charge in [0.2, 0.25) is 5.95 Å². The van der Waals surface area contributed by atoms with Crippen molar-refractivity contribution in [3.63, 3.8) is 0 Å². The van der Waals surface area contributed by atoms with Crippen molar-refractivity contribution in [2.45, 2.75) is 12.7 Å². The lowest BCUT2D eigenvalue weighted by Crippen LogP contribution is -2.23. The van der Waals surface area contributed by atoms with Gasteiger partial charge in [-0.25, -0.2) is 4.98 Å². The van der Waals surface area contributed by atoms with E-state index in [9.17, 15) is 22.8 Å². The third-order valence-corrected chi connectivity index (χ3v) is 3.20. The summed E-state index contributed by atoms with van der Waals surface area (Å²) in [4.78, 5) is 31.7. The number of alkyl halides is 3. The molecule has 0 spiro atoms. The van der Waals surface area contributed by atoms with Crippen LogP contribution in [-0.2, 0) is 12.7 Å². The van der Waals surface area contributed by atoms with E-state index >= 15 is 0 Å². The summed E-state index contributed by atoms with van der Waals surface area (Å²) in [5.74, 6) is -0.666. The van der Waals surface area contributed by atoms with Crippen molar-refractivity contribution in [2.75, 3.05) is 24.3 Å². The van der Waals surface area contributed by atoms with Gasteiger partial charge in [0.05, 0.1) is 5.56 Å². The first-order valence-corrected chi connectivity index (χ1v) is 7.11. The molecule has 1 aromatic heterocycles. The van der Waals surface area contributed by atoms with Gasteiger partial charge in [-0.3, -0.25) is 14.6 Å². The fourth-order valence-corrected chi connectivity index (χ4v) is 2.01. The molecule has 10 heteroatoms. The first-order valence-electron chi connectivity index (χ1n) is 7.11. The molecule has 1 aromatic carbocycles. The Bertz CT molecular complexity index is 846. The fraction of sp³-hybridized carbons (Fsp3) is 0.267. The Morgan fingerprint density at radius 1 is 1.28 bits per heavy atom. The van der Waals surface area contributed by atoms with Crippen molar-refractivity contribution < 1.29 is 18.0 Å². The van der Waals surface area contributed by atoms with E-state index in [1.54, 1.807) is 14.1 Å². The molecular weight excluding hydrogens is 339 g/mol. The maximum Gasteiger partial charge on any atom is 0.416 e. The summed E-state index contributed by atoms with van der Waals surface area (Å²) in [7, 11) is 3.22. The average Bonchev–Trinajstić information content (AvgIpc) is 2.52. The number of nitrogens with one attached hydrogen (secondary N) is 2. The number of rotatable bonds is 4. The number of nitrogens with two attached hydrogens (primary N) is 1. The number of amides is 1. The highest BCUT2D eigenvalue weighted by Crippen LogP contribution is 2.32. The molecule has 0 saturated heterocycles. The highest BCUT2D eigenvalue weighted by Gasteiger charge is 2.31. The highest BCUT2D eigenvalue weighted by molar-refractivity contribution is 6.03. The molecule has 7 nitrogen and oxygen atoms in total. The largest absolute Gasteiger partial charge is 0.416 e. The number of halogens is 3. The number of hydrogen-bond donors (Lipinski definition) is 3. The Balaban J connectivity index is 2.36. The summed E-state index contributed by atoms with van der Waals surface area (Å²) in [5, 5.41) is 2.31. The standard InChI is InChI=1S/C15H16F3N5O2/c1-23(2)14-21-11(6-12(24)22-14)13(25)20-10-4-8(7-19)3-9(5-10)15(16,17)18/h3-6H,7,19H2,1-2H3,(H,20,25)(H,21,22,24). The van der Waals surface area contributed by atoms with Crippen LogP contribution in [0.2, 0.25) is 0 Å². The van der Waals surface area contributed by atoms with Crippen LogP contribution in [0.4, 0.5) is 24.8 Å². The summed E-state index contributed by atoms with van der Waals surface area (Å²) >= 11 is 0. The van der Waals surface area contributed by atoms with Crippen molar-refractivity contribution in [2.24, 2.45) is 5.73 Å². The van der Waals surface area contributed by atoms with Crippen LogP contribution in [0, 0.1) is 0 Å². The topological polar surface area (TPSA) is 104 Å². The number of aromatic nitrogens is 2. The molecule has 2 rings (SSSR count). The van der Waals surface area contributed by atoms with E-state index in [0.717, 1.165) is 18.2 Å². The minimum Gasteiger partial charge on any atom is -0.348 e. The summed E-state index contributed by atoms with van der Waals surface area (Å²) in [5.41, 5.74) is 3.81. The van der Waals surface area contributed by atoms with Gasteiger partial charge in [0.15, 0.2) is 0 Å². The van der Waals surface area contributed by atoms with E-state index in [4.69, 9.17) is 5.73 Å². The predicted molar refractivity (Wildman–Crippen MR) is 86.5 cm³/mol. The van der Waals surface area contributed by atoms with Crippen LogP contribution in [0.5, 0.6) is 0 Å². The van der Waals surface area contributed by atoms with Crippen molar-refractivity contribution in [1.29, 1.82) is 0 Å². The summed E-state index contributed by atoms with van der Waals surface area (Å²) < 4.78 is 38.8. The molecule has 4 N–H and O–H groups in total. The number of anilines is 2. The molecule has 0 aliphatic carbocycles. The molecule has 1 heterocycles. The van der Waals surface area contributed by atoms with E-state index < -0.39 is 23.2 Å². The van der Waals surface area contributed by atoms with Crippen molar-refractivity contribution >= 4 is 17.5 Å².